The molecule has 2 nitrogen and oxygen atoms in total. The lowest BCUT2D eigenvalue weighted by atomic mass is 10.0. The lowest BCUT2D eigenvalue weighted by molar-refractivity contribution is 0.0968. The van der Waals surface area contributed by atoms with Crippen molar-refractivity contribution in [1.82, 2.24) is 4.98 Å². The summed E-state index contributed by atoms with van der Waals surface area (Å²) in [4.78, 5) is 17.8. The molecule has 2 aliphatic carbocycles. The number of fused-ring (bicyclic) bond motifs is 2. The van der Waals surface area contributed by atoms with Crippen molar-refractivity contribution in [3.63, 3.8) is 0 Å². The normalized spacial score (nSPS) is 21.3. The van der Waals surface area contributed by atoms with E-state index in [-0.39, 0.29) is 5.78 Å². The Labute approximate surface area is 116 Å². The molecular formula is C16H15NOS. The minimum atomic E-state index is 0.245. The van der Waals surface area contributed by atoms with Crippen LogP contribution in [0.25, 0.3) is 0 Å². The quantitative estimate of drug-likeness (QED) is 0.789. The van der Waals surface area contributed by atoms with Gasteiger partial charge in [-0.1, -0.05) is 24.3 Å². The molecule has 4 rings (SSSR count). The number of hydrogen-bond donors (Lipinski definition) is 0. The topological polar surface area (TPSA) is 30.0 Å². The Bertz CT molecular complexity index is 659. The van der Waals surface area contributed by atoms with E-state index in [1.807, 2.05) is 0 Å². The first kappa shape index (κ1) is 11.4. The lowest BCUT2D eigenvalue weighted by Crippen LogP contribution is -2.09. The van der Waals surface area contributed by atoms with Gasteiger partial charge in [0.25, 0.3) is 0 Å². The van der Waals surface area contributed by atoms with Gasteiger partial charge in [0, 0.05) is 17.2 Å². The maximum atomic E-state index is 11.9. The Morgan fingerprint density at radius 2 is 2.05 bits per heavy atom. The number of rotatable bonds is 1. The summed E-state index contributed by atoms with van der Waals surface area (Å²) in [6.45, 7) is 0. The predicted molar refractivity (Wildman–Crippen MR) is 76.0 cm³/mol. The maximum absolute atomic E-state index is 11.9. The third-order valence-electron chi connectivity index (χ3n) is 4.22. The van der Waals surface area contributed by atoms with Gasteiger partial charge in [0.1, 0.15) is 10.7 Å². The van der Waals surface area contributed by atoms with E-state index >= 15 is 0 Å². The molecule has 2 aliphatic rings. The third-order valence-corrected chi connectivity index (χ3v) is 5.45. The van der Waals surface area contributed by atoms with Gasteiger partial charge in [0.05, 0.1) is 0 Å². The highest BCUT2D eigenvalue weighted by Crippen LogP contribution is 2.41. The zero-order chi connectivity index (χ0) is 12.8. The number of ketones is 1. The average molecular weight is 269 g/mol. The molecule has 1 unspecified atom stereocenters. The average Bonchev–Trinajstić information content (AvgIpc) is 3.02. The largest absolute Gasteiger partial charge is 0.292 e. The van der Waals surface area contributed by atoms with Crippen molar-refractivity contribution in [2.45, 2.75) is 38.0 Å². The van der Waals surface area contributed by atoms with Gasteiger partial charge < -0.3 is 0 Å². The van der Waals surface area contributed by atoms with E-state index in [2.05, 4.69) is 29.2 Å². The van der Waals surface area contributed by atoms with Crippen molar-refractivity contribution in [2.75, 3.05) is 0 Å². The standard InChI is InChI=1S/C16H15NOS/c18-13-6-3-7-14-15(13)17-16(19-14)12-9-8-10-4-1-2-5-11(10)12/h1-2,4-5,12H,3,6-9H2. The number of carbonyl (C=O) groups excluding carboxylic acids is 1. The molecule has 1 aromatic carbocycles. The van der Waals surface area contributed by atoms with Crippen LogP contribution < -0.4 is 0 Å². The molecule has 0 aliphatic heterocycles. The van der Waals surface area contributed by atoms with E-state index in [0.29, 0.717) is 12.3 Å². The Hall–Kier alpha value is -1.48. The minimum absolute atomic E-state index is 0.245. The Kier molecular flexibility index (Phi) is 2.55. The summed E-state index contributed by atoms with van der Waals surface area (Å²) in [5, 5.41) is 1.16. The molecule has 1 heterocycles. The van der Waals surface area contributed by atoms with Crippen molar-refractivity contribution in [3.05, 3.63) is 51.0 Å². The van der Waals surface area contributed by atoms with Gasteiger partial charge in [0.2, 0.25) is 0 Å². The molecule has 1 atom stereocenters. The van der Waals surface area contributed by atoms with Gasteiger partial charge in [-0.05, 0) is 36.8 Å². The lowest BCUT2D eigenvalue weighted by Gasteiger charge is -2.07. The van der Waals surface area contributed by atoms with E-state index in [0.717, 1.165) is 36.4 Å². The van der Waals surface area contributed by atoms with E-state index in [1.165, 1.54) is 16.0 Å². The van der Waals surface area contributed by atoms with Crippen molar-refractivity contribution in [2.24, 2.45) is 0 Å². The highest BCUT2D eigenvalue weighted by molar-refractivity contribution is 7.12. The molecule has 2 aromatic rings. The van der Waals surface area contributed by atoms with Crippen LogP contribution >= 0.6 is 11.3 Å². The SMILES string of the molecule is O=C1CCCc2sc(C3CCc4ccccc43)nc21. The first-order valence-corrected chi connectivity index (χ1v) is 7.75. The summed E-state index contributed by atoms with van der Waals surface area (Å²) in [7, 11) is 0. The summed E-state index contributed by atoms with van der Waals surface area (Å²) in [6.07, 6.45) is 4.98. The van der Waals surface area contributed by atoms with Crippen LogP contribution in [0.4, 0.5) is 0 Å². The molecule has 0 radical (unpaired) electrons. The Balaban J connectivity index is 1.77. The number of benzene rings is 1. The molecule has 96 valence electrons. The van der Waals surface area contributed by atoms with Crippen LogP contribution in [0, 0.1) is 0 Å². The Morgan fingerprint density at radius 3 is 2.95 bits per heavy atom. The number of Topliss-reactive ketones (excluding diaryl/α,β-unsaturated/α-hetero) is 1. The number of aromatic nitrogens is 1. The van der Waals surface area contributed by atoms with Crippen molar-refractivity contribution in [3.8, 4) is 0 Å². The first-order valence-electron chi connectivity index (χ1n) is 6.93. The molecule has 0 saturated heterocycles. The zero-order valence-electron chi connectivity index (χ0n) is 10.7. The van der Waals surface area contributed by atoms with Gasteiger partial charge in [-0.15, -0.1) is 11.3 Å². The second-order valence-corrected chi connectivity index (χ2v) is 6.51. The molecule has 0 amide bonds. The molecule has 0 N–H and O–H groups in total. The molecular weight excluding hydrogens is 254 g/mol. The Morgan fingerprint density at radius 1 is 1.16 bits per heavy atom. The zero-order valence-corrected chi connectivity index (χ0v) is 11.5. The molecule has 0 spiro atoms. The van der Waals surface area contributed by atoms with Gasteiger partial charge in [-0.25, -0.2) is 4.98 Å². The fraction of sp³-hybridized carbons (Fsp3) is 0.375. The molecule has 0 bridgehead atoms. The number of carbonyl (C=O) groups is 1. The highest BCUT2D eigenvalue weighted by Gasteiger charge is 2.29. The van der Waals surface area contributed by atoms with Gasteiger partial charge >= 0.3 is 0 Å². The van der Waals surface area contributed by atoms with Crippen molar-refractivity contribution >= 4 is 17.1 Å². The molecule has 19 heavy (non-hydrogen) atoms. The van der Waals surface area contributed by atoms with Gasteiger partial charge in [0.15, 0.2) is 5.78 Å². The summed E-state index contributed by atoms with van der Waals surface area (Å²) in [5.41, 5.74) is 3.64. The first-order chi connectivity index (χ1) is 9.33. The molecule has 3 heteroatoms. The van der Waals surface area contributed by atoms with Gasteiger partial charge in [-0.2, -0.15) is 0 Å². The fourth-order valence-corrected chi connectivity index (χ4v) is 4.53. The molecule has 1 aromatic heterocycles. The van der Waals surface area contributed by atoms with Crippen LogP contribution in [-0.4, -0.2) is 10.8 Å². The van der Waals surface area contributed by atoms with E-state index in [9.17, 15) is 4.79 Å². The smallest absolute Gasteiger partial charge is 0.182 e. The highest BCUT2D eigenvalue weighted by atomic mass is 32.1. The predicted octanol–water partition coefficient (Wildman–Crippen LogP) is 3.74. The fourth-order valence-electron chi connectivity index (χ4n) is 3.25. The van der Waals surface area contributed by atoms with Crippen LogP contribution in [0.1, 0.15) is 56.7 Å². The monoisotopic (exact) mass is 269 g/mol. The number of hydrogen-bond acceptors (Lipinski definition) is 3. The second kappa shape index (κ2) is 4.27. The van der Waals surface area contributed by atoms with Crippen LogP contribution in [0.5, 0.6) is 0 Å². The number of aryl methyl sites for hydroxylation is 2. The number of thiazole rings is 1. The van der Waals surface area contributed by atoms with E-state index in [4.69, 9.17) is 0 Å². The van der Waals surface area contributed by atoms with Crippen LogP contribution in [-0.2, 0) is 12.8 Å². The summed E-state index contributed by atoms with van der Waals surface area (Å²) in [5.74, 6) is 0.662. The van der Waals surface area contributed by atoms with Crippen LogP contribution in [0.3, 0.4) is 0 Å². The third kappa shape index (κ3) is 1.76. The summed E-state index contributed by atoms with van der Waals surface area (Å²) in [6, 6.07) is 8.65. The molecule has 0 fully saturated rings. The van der Waals surface area contributed by atoms with E-state index in [1.54, 1.807) is 11.3 Å². The van der Waals surface area contributed by atoms with Crippen LogP contribution in [0.15, 0.2) is 24.3 Å². The molecule has 0 saturated carbocycles. The van der Waals surface area contributed by atoms with Crippen molar-refractivity contribution in [1.29, 1.82) is 0 Å². The van der Waals surface area contributed by atoms with Crippen LogP contribution in [0.2, 0.25) is 0 Å². The minimum Gasteiger partial charge on any atom is -0.292 e. The van der Waals surface area contributed by atoms with Crippen molar-refractivity contribution < 1.29 is 4.79 Å². The summed E-state index contributed by atoms with van der Waals surface area (Å²) >= 11 is 1.77. The summed E-state index contributed by atoms with van der Waals surface area (Å²) < 4.78 is 0. The van der Waals surface area contributed by atoms with Gasteiger partial charge in [-0.3, -0.25) is 4.79 Å². The maximum Gasteiger partial charge on any atom is 0.182 e. The number of nitrogens with zero attached hydrogens (tertiary/aromatic N) is 1. The van der Waals surface area contributed by atoms with E-state index < -0.39 is 0 Å². The second-order valence-electron chi connectivity index (χ2n) is 5.39.